The Kier molecular flexibility index (Phi) is 7.83. The van der Waals surface area contributed by atoms with Crippen molar-refractivity contribution < 1.29 is 9.59 Å². The third kappa shape index (κ3) is 6.70. The number of amides is 2. The summed E-state index contributed by atoms with van der Waals surface area (Å²) in [6, 6.07) is 14.2. The zero-order valence-electron chi connectivity index (χ0n) is 14.3. The number of hydrogen-bond donors (Lipinski definition) is 4. The molecule has 0 heterocycles. The van der Waals surface area contributed by atoms with Crippen LogP contribution in [0.5, 0.6) is 0 Å². The van der Waals surface area contributed by atoms with E-state index in [1.165, 1.54) is 0 Å². The van der Waals surface area contributed by atoms with Gasteiger partial charge in [-0.2, -0.15) is 0 Å². The van der Waals surface area contributed by atoms with Gasteiger partial charge in [-0.25, -0.2) is 0 Å². The first-order chi connectivity index (χ1) is 12.9. The Morgan fingerprint density at radius 2 is 1.41 bits per heavy atom. The van der Waals surface area contributed by atoms with E-state index in [0.717, 1.165) is 0 Å². The Hall–Kier alpha value is -2.36. The van der Waals surface area contributed by atoms with E-state index in [-0.39, 0.29) is 22.0 Å². The lowest BCUT2D eigenvalue weighted by molar-refractivity contribution is -0.119. The number of rotatable bonds is 4. The molecule has 0 aliphatic heterocycles. The molecule has 0 saturated carbocycles. The topological polar surface area (TPSA) is 82.3 Å². The van der Waals surface area contributed by atoms with Crippen LogP contribution in [0.2, 0.25) is 0 Å². The van der Waals surface area contributed by atoms with Crippen molar-refractivity contribution in [3.05, 3.63) is 58.6 Å². The Morgan fingerprint density at radius 1 is 0.889 bits per heavy atom. The van der Waals surface area contributed by atoms with Gasteiger partial charge in [0.25, 0.3) is 5.91 Å². The molecule has 4 N–H and O–H groups in total. The van der Waals surface area contributed by atoms with E-state index in [2.05, 4.69) is 37.2 Å². The fourth-order valence-electron chi connectivity index (χ4n) is 1.99. The number of carbonyl (C=O) groups excluding carboxylic acids is 2. The average molecular weight is 465 g/mol. The summed E-state index contributed by atoms with van der Waals surface area (Å²) < 4.78 is 0.687. The first-order valence-corrected chi connectivity index (χ1v) is 9.57. The second kappa shape index (κ2) is 10.1. The molecule has 6 nitrogen and oxygen atoms in total. The first-order valence-electron chi connectivity index (χ1n) is 7.96. The molecule has 0 radical (unpaired) electrons. The highest BCUT2D eigenvalue weighted by Gasteiger charge is 2.11. The molecule has 0 aromatic heterocycles. The van der Waals surface area contributed by atoms with Crippen LogP contribution in [0, 0.1) is 0 Å². The molecule has 0 saturated heterocycles. The summed E-state index contributed by atoms with van der Waals surface area (Å²) in [4.78, 5) is 23.5. The van der Waals surface area contributed by atoms with Crippen molar-refractivity contribution in [2.45, 2.75) is 13.3 Å². The molecular formula is C18H17BrN4O2S2. The maximum atomic E-state index is 12.2. The summed E-state index contributed by atoms with van der Waals surface area (Å²) in [5.41, 5.74) is 1.90. The summed E-state index contributed by atoms with van der Waals surface area (Å²) in [5, 5.41) is 11.5. The van der Waals surface area contributed by atoms with Crippen LogP contribution in [-0.2, 0) is 4.79 Å². The van der Waals surface area contributed by atoms with Crippen molar-refractivity contribution >= 4 is 73.8 Å². The average Bonchev–Trinajstić information content (AvgIpc) is 2.63. The van der Waals surface area contributed by atoms with Crippen molar-refractivity contribution in [1.29, 1.82) is 0 Å². The summed E-state index contributed by atoms with van der Waals surface area (Å²) in [6.45, 7) is 1.75. The van der Waals surface area contributed by atoms with Crippen molar-refractivity contribution in [2.75, 3.05) is 10.6 Å². The van der Waals surface area contributed by atoms with E-state index in [4.69, 9.17) is 24.4 Å². The molecule has 0 atom stereocenters. The molecule has 140 valence electrons. The van der Waals surface area contributed by atoms with Crippen LogP contribution >= 0.6 is 40.4 Å². The van der Waals surface area contributed by atoms with E-state index < -0.39 is 0 Å². The molecule has 0 unspecified atom stereocenters. The lowest BCUT2D eigenvalue weighted by atomic mass is 10.2. The monoisotopic (exact) mass is 464 g/mol. The van der Waals surface area contributed by atoms with Crippen molar-refractivity contribution in [2.24, 2.45) is 0 Å². The number of benzene rings is 2. The Labute approximate surface area is 176 Å². The lowest BCUT2D eigenvalue weighted by Crippen LogP contribution is -2.34. The standard InChI is InChI=1S/C18H17BrN4O2S2/c1-2-15(24)22-17(26)20-11-7-9-12(10-8-11)21-18(27)23-16(25)13-5-3-4-6-14(13)19/h3-10H,2H2,1H3,(H2,20,22,24,26)(H2,21,23,25,27). The van der Waals surface area contributed by atoms with E-state index >= 15 is 0 Å². The fourth-order valence-corrected chi connectivity index (χ4v) is 2.90. The number of halogens is 1. The van der Waals surface area contributed by atoms with Crippen molar-refractivity contribution in [1.82, 2.24) is 10.6 Å². The molecule has 0 aliphatic carbocycles. The van der Waals surface area contributed by atoms with Crippen LogP contribution in [0.25, 0.3) is 0 Å². The van der Waals surface area contributed by atoms with Crippen LogP contribution in [-0.4, -0.2) is 22.0 Å². The minimum absolute atomic E-state index is 0.156. The van der Waals surface area contributed by atoms with Crippen molar-refractivity contribution in [3.8, 4) is 0 Å². The number of nitrogens with one attached hydrogen (secondary N) is 4. The van der Waals surface area contributed by atoms with Gasteiger partial charge in [0, 0.05) is 22.3 Å². The molecule has 2 rings (SSSR count). The minimum atomic E-state index is -0.310. The molecule has 27 heavy (non-hydrogen) atoms. The van der Waals surface area contributed by atoms with Gasteiger partial charge < -0.3 is 16.0 Å². The van der Waals surface area contributed by atoms with E-state index in [1.807, 2.05) is 6.07 Å². The molecule has 2 aromatic rings. The summed E-state index contributed by atoms with van der Waals surface area (Å²) in [6.07, 6.45) is 0.355. The summed E-state index contributed by atoms with van der Waals surface area (Å²) in [7, 11) is 0. The maximum absolute atomic E-state index is 12.2. The zero-order valence-corrected chi connectivity index (χ0v) is 17.6. The van der Waals surface area contributed by atoms with Crippen LogP contribution in [0.4, 0.5) is 11.4 Å². The smallest absolute Gasteiger partial charge is 0.258 e. The van der Waals surface area contributed by atoms with Gasteiger partial charge in [-0.1, -0.05) is 19.1 Å². The predicted molar refractivity (Wildman–Crippen MR) is 119 cm³/mol. The second-order valence-electron chi connectivity index (χ2n) is 5.32. The Morgan fingerprint density at radius 3 is 1.93 bits per heavy atom. The van der Waals surface area contributed by atoms with E-state index in [9.17, 15) is 9.59 Å². The quantitative estimate of drug-likeness (QED) is 0.515. The predicted octanol–water partition coefficient (Wildman–Crippen LogP) is 3.80. The third-order valence-corrected chi connectivity index (χ3v) is 4.42. The number of thiocarbonyl (C=S) groups is 2. The van der Waals surface area contributed by atoms with Gasteiger partial charge in [0.1, 0.15) is 0 Å². The Balaban J connectivity index is 1.89. The maximum Gasteiger partial charge on any atom is 0.258 e. The summed E-state index contributed by atoms with van der Waals surface area (Å²) >= 11 is 13.6. The van der Waals surface area contributed by atoms with Gasteiger partial charge in [0.05, 0.1) is 5.56 Å². The summed E-state index contributed by atoms with van der Waals surface area (Å²) in [5.74, 6) is -0.466. The molecule has 0 spiro atoms. The van der Waals surface area contributed by atoms with Crippen LogP contribution in [0.15, 0.2) is 53.0 Å². The first kappa shape index (κ1) is 20.9. The highest BCUT2D eigenvalue weighted by Crippen LogP contribution is 2.16. The number of carbonyl (C=O) groups is 2. The largest absolute Gasteiger partial charge is 0.332 e. The molecule has 2 amide bonds. The normalized spacial score (nSPS) is 9.85. The van der Waals surface area contributed by atoms with Crippen LogP contribution in [0.3, 0.4) is 0 Å². The van der Waals surface area contributed by atoms with Gasteiger partial charge in [0.15, 0.2) is 10.2 Å². The van der Waals surface area contributed by atoms with Crippen LogP contribution < -0.4 is 21.3 Å². The lowest BCUT2D eigenvalue weighted by Gasteiger charge is -2.12. The fraction of sp³-hybridized carbons (Fsp3) is 0.111. The second-order valence-corrected chi connectivity index (χ2v) is 6.99. The van der Waals surface area contributed by atoms with Gasteiger partial charge in [-0.3, -0.25) is 14.9 Å². The van der Waals surface area contributed by atoms with E-state index in [0.29, 0.717) is 27.8 Å². The molecule has 9 heteroatoms. The molecule has 0 fully saturated rings. The Bertz CT molecular complexity index is 872. The molecular weight excluding hydrogens is 448 g/mol. The molecule has 0 aliphatic rings. The number of hydrogen-bond acceptors (Lipinski definition) is 4. The van der Waals surface area contributed by atoms with Crippen molar-refractivity contribution in [3.63, 3.8) is 0 Å². The highest BCUT2D eigenvalue weighted by atomic mass is 79.9. The van der Waals surface area contributed by atoms with E-state index in [1.54, 1.807) is 49.4 Å². The minimum Gasteiger partial charge on any atom is -0.332 e. The third-order valence-electron chi connectivity index (χ3n) is 3.32. The molecule has 0 bridgehead atoms. The van der Waals surface area contributed by atoms with Crippen LogP contribution in [0.1, 0.15) is 23.7 Å². The van der Waals surface area contributed by atoms with Gasteiger partial charge >= 0.3 is 0 Å². The number of anilines is 2. The zero-order chi connectivity index (χ0) is 19.8. The molecule has 2 aromatic carbocycles. The van der Waals surface area contributed by atoms with Gasteiger partial charge in [-0.15, -0.1) is 0 Å². The SMILES string of the molecule is CCC(=O)NC(=S)Nc1ccc(NC(=S)NC(=O)c2ccccc2Br)cc1. The van der Waals surface area contributed by atoms with Gasteiger partial charge in [-0.05, 0) is 76.8 Å². The van der Waals surface area contributed by atoms with Gasteiger partial charge in [0.2, 0.25) is 5.91 Å². The highest BCUT2D eigenvalue weighted by molar-refractivity contribution is 9.10.